The molecule has 0 unspecified atom stereocenters. The lowest BCUT2D eigenvalue weighted by Crippen LogP contribution is -2.35. The third kappa shape index (κ3) is 3.46. The van der Waals surface area contributed by atoms with Crippen LogP contribution < -0.4 is 16.2 Å². The van der Waals surface area contributed by atoms with E-state index in [0.29, 0.717) is 40.7 Å². The van der Waals surface area contributed by atoms with E-state index in [9.17, 15) is 9.59 Å². The third-order valence-electron chi connectivity index (χ3n) is 9.30. The van der Waals surface area contributed by atoms with Gasteiger partial charge in [-0.3, -0.25) is 14.3 Å². The minimum absolute atomic E-state index is 0.233. The number of hydrogen-bond acceptors (Lipinski definition) is 3. The van der Waals surface area contributed by atoms with Crippen LogP contribution >= 0.6 is 0 Å². The molecule has 6 heteroatoms. The Bertz CT molecular complexity index is 1590. The third-order valence-corrected chi connectivity index (χ3v) is 9.30. The van der Waals surface area contributed by atoms with Crippen molar-refractivity contribution >= 4 is 17.3 Å². The zero-order valence-electron chi connectivity index (χ0n) is 21.7. The summed E-state index contributed by atoms with van der Waals surface area (Å²) in [5.41, 5.74) is 5.89. The number of fused-ring (bicyclic) bond motifs is 7. The number of nitrogens with one attached hydrogen (secondary N) is 2. The molecule has 3 aromatic carbocycles. The summed E-state index contributed by atoms with van der Waals surface area (Å²) in [5, 5.41) is 6.79. The van der Waals surface area contributed by atoms with Crippen LogP contribution in [-0.4, -0.2) is 15.3 Å². The highest BCUT2D eigenvalue weighted by Gasteiger charge is 2.53. The summed E-state index contributed by atoms with van der Waals surface area (Å²) < 4.78 is 3.37. The van der Waals surface area contributed by atoms with Gasteiger partial charge in [-0.15, -0.1) is 0 Å². The first-order valence-electron chi connectivity index (χ1n) is 13.6. The number of rotatable bonds is 4. The van der Waals surface area contributed by atoms with Crippen molar-refractivity contribution in [3.8, 4) is 5.69 Å². The molecule has 6 nitrogen and oxygen atoms in total. The lowest BCUT2D eigenvalue weighted by molar-refractivity contribution is 0.102. The van der Waals surface area contributed by atoms with Gasteiger partial charge in [0.25, 0.3) is 11.5 Å². The quantitative estimate of drug-likeness (QED) is 0.356. The van der Waals surface area contributed by atoms with E-state index in [-0.39, 0.29) is 11.5 Å². The Hall–Kier alpha value is -4.06. The van der Waals surface area contributed by atoms with E-state index in [0.717, 1.165) is 17.3 Å². The van der Waals surface area contributed by atoms with Crippen LogP contribution in [0.4, 0.5) is 11.4 Å². The average molecular weight is 505 g/mol. The van der Waals surface area contributed by atoms with Crippen LogP contribution in [-0.2, 0) is 7.05 Å². The van der Waals surface area contributed by atoms with Crippen LogP contribution in [0.5, 0.6) is 0 Å². The van der Waals surface area contributed by atoms with E-state index in [1.54, 1.807) is 9.36 Å². The van der Waals surface area contributed by atoms with Crippen LogP contribution in [0.3, 0.4) is 0 Å². The number of carbonyl (C=O) groups excluding carboxylic acids is 1. The van der Waals surface area contributed by atoms with Crippen molar-refractivity contribution in [2.45, 2.75) is 38.1 Å². The summed E-state index contributed by atoms with van der Waals surface area (Å²) in [7, 11) is 1.84. The lowest BCUT2D eigenvalue weighted by atomic mass is 9.68. The molecule has 0 saturated heterocycles. The highest BCUT2D eigenvalue weighted by molar-refractivity contribution is 6.05. The van der Waals surface area contributed by atoms with Gasteiger partial charge in [0.2, 0.25) is 0 Å². The number of nitrogens with zero attached hydrogens (tertiary/aromatic N) is 2. The number of amides is 1. The summed E-state index contributed by atoms with van der Waals surface area (Å²) in [4.78, 5) is 26.8. The molecule has 192 valence electrons. The molecule has 2 N–H and O–H groups in total. The van der Waals surface area contributed by atoms with E-state index in [4.69, 9.17) is 0 Å². The van der Waals surface area contributed by atoms with Crippen LogP contribution in [0.2, 0.25) is 0 Å². The van der Waals surface area contributed by atoms with E-state index in [2.05, 4.69) is 53.1 Å². The fourth-order valence-electron chi connectivity index (χ4n) is 7.52. The Morgan fingerprint density at radius 3 is 2.42 bits per heavy atom. The molecule has 3 aliphatic rings. The van der Waals surface area contributed by atoms with E-state index >= 15 is 0 Å². The number of benzene rings is 3. The summed E-state index contributed by atoms with van der Waals surface area (Å²) in [6.45, 7) is 1.86. The van der Waals surface area contributed by atoms with Gasteiger partial charge in [-0.05, 0) is 91.3 Å². The van der Waals surface area contributed by atoms with Gasteiger partial charge in [0.05, 0.1) is 17.4 Å². The Kier molecular flexibility index (Phi) is 5.32. The predicted molar refractivity (Wildman–Crippen MR) is 150 cm³/mol. The predicted octanol–water partition coefficient (Wildman–Crippen LogP) is 6.03. The van der Waals surface area contributed by atoms with Gasteiger partial charge in [-0.1, -0.05) is 48.5 Å². The van der Waals surface area contributed by atoms with Crippen LogP contribution in [0.25, 0.3) is 5.69 Å². The smallest absolute Gasteiger partial charge is 0.295 e. The molecule has 38 heavy (non-hydrogen) atoms. The minimum atomic E-state index is -0.247. The molecular formula is C32H32N4O2. The monoisotopic (exact) mass is 504 g/mol. The molecule has 0 spiro atoms. The Balaban J connectivity index is 1.22. The van der Waals surface area contributed by atoms with Gasteiger partial charge >= 0.3 is 0 Å². The molecule has 2 saturated carbocycles. The van der Waals surface area contributed by atoms with Gasteiger partial charge in [0.15, 0.2) is 0 Å². The fourth-order valence-corrected chi connectivity index (χ4v) is 7.52. The van der Waals surface area contributed by atoms with E-state index in [1.807, 2.05) is 50.4 Å². The van der Waals surface area contributed by atoms with Crippen LogP contribution in [0, 0.1) is 24.7 Å². The first kappa shape index (κ1) is 23.1. The average Bonchev–Trinajstić information content (AvgIpc) is 3.63. The fraction of sp³-hybridized carbons (Fsp3) is 0.312. The van der Waals surface area contributed by atoms with Gasteiger partial charge in [-0.2, -0.15) is 0 Å². The highest BCUT2D eigenvalue weighted by Crippen LogP contribution is 2.63. The Morgan fingerprint density at radius 2 is 1.66 bits per heavy atom. The SMILES string of the molecule is Cc1c(NC(=O)c2ccc3c(c2)[C@H]2[C@H]4CC[C@@H](C4)[C@@H]2[C@@H](c2ccccc2)N3)c(=O)n(-c2ccccc2)n1C. The molecule has 0 radical (unpaired) electrons. The molecule has 1 aliphatic heterocycles. The zero-order valence-corrected chi connectivity index (χ0v) is 21.7. The standard InChI is InChI=1S/C32H32N4O2/c1-19-29(32(38)36(35(19)2)24-11-7-4-8-12-24)34-31(37)23-15-16-26-25(18-23)27-21-13-14-22(17-21)28(27)30(33-26)20-9-5-3-6-10-20/h3-12,15-16,18,21-22,27-28,30,33H,13-14,17H2,1-2H3,(H,34,37)/t21-,22-,27+,28-,30+/m0/s1. The zero-order chi connectivity index (χ0) is 26.0. The summed E-state index contributed by atoms with van der Waals surface area (Å²) in [5.74, 6) is 2.14. The maximum Gasteiger partial charge on any atom is 0.295 e. The van der Waals surface area contributed by atoms with E-state index in [1.165, 1.54) is 30.4 Å². The number of hydrogen-bond donors (Lipinski definition) is 2. The second-order valence-corrected chi connectivity index (χ2v) is 11.2. The highest BCUT2D eigenvalue weighted by atomic mass is 16.2. The minimum Gasteiger partial charge on any atom is -0.378 e. The first-order valence-corrected chi connectivity index (χ1v) is 13.6. The number of para-hydroxylation sites is 1. The molecule has 2 heterocycles. The Morgan fingerprint density at radius 1 is 0.947 bits per heavy atom. The topological polar surface area (TPSA) is 68.1 Å². The Labute approximate surface area is 222 Å². The summed E-state index contributed by atoms with van der Waals surface area (Å²) >= 11 is 0. The van der Waals surface area contributed by atoms with Crippen molar-refractivity contribution in [2.24, 2.45) is 24.8 Å². The molecule has 5 atom stereocenters. The summed E-state index contributed by atoms with van der Waals surface area (Å²) in [6, 6.07) is 26.6. The number of carbonyl (C=O) groups is 1. The van der Waals surface area contributed by atoms with Gasteiger partial charge < -0.3 is 10.6 Å². The first-order chi connectivity index (χ1) is 18.5. The molecule has 1 amide bonds. The molecule has 1 aromatic heterocycles. The molecule has 2 fully saturated rings. The molecule has 4 aromatic rings. The second-order valence-electron chi connectivity index (χ2n) is 11.2. The molecular weight excluding hydrogens is 472 g/mol. The second kappa shape index (κ2) is 8.76. The van der Waals surface area contributed by atoms with Crippen molar-refractivity contribution in [1.82, 2.24) is 9.36 Å². The largest absolute Gasteiger partial charge is 0.378 e. The maximum atomic E-state index is 13.5. The van der Waals surface area contributed by atoms with Gasteiger partial charge in [0.1, 0.15) is 5.69 Å². The number of aromatic nitrogens is 2. The van der Waals surface area contributed by atoms with E-state index < -0.39 is 0 Å². The van der Waals surface area contributed by atoms with Crippen molar-refractivity contribution < 1.29 is 4.79 Å². The van der Waals surface area contributed by atoms with Crippen molar-refractivity contribution in [2.75, 3.05) is 10.6 Å². The molecule has 2 bridgehead atoms. The summed E-state index contributed by atoms with van der Waals surface area (Å²) in [6.07, 6.45) is 3.84. The lowest BCUT2D eigenvalue weighted by Gasteiger charge is -2.43. The number of anilines is 2. The normalized spacial score (nSPS) is 24.9. The maximum absolute atomic E-state index is 13.5. The van der Waals surface area contributed by atoms with Gasteiger partial charge in [0, 0.05) is 18.3 Å². The molecule has 7 rings (SSSR count). The van der Waals surface area contributed by atoms with Gasteiger partial charge in [-0.25, -0.2) is 4.68 Å². The van der Waals surface area contributed by atoms with Crippen molar-refractivity contribution in [3.63, 3.8) is 0 Å². The van der Waals surface area contributed by atoms with Crippen LogP contribution in [0.15, 0.2) is 83.7 Å². The van der Waals surface area contributed by atoms with Crippen LogP contribution in [0.1, 0.15) is 58.4 Å². The van der Waals surface area contributed by atoms with Crippen molar-refractivity contribution in [3.05, 3.63) is 112 Å². The molecule has 2 aliphatic carbocycles. The van der Waals surface area contributed by atoms with Crippen molar-refractivity contribution in [1.29, 1.82) is 0 Å².